The Hall–Kier alpha value is -1.23. The van der Waals surface area contributed by atoms with Crippen molar-refractivity contribution in [3.05, 3.63) is 35.6 Å². The van der Waals surface area contributed by atoms with Crippen LogP contribution in [0, 0.1) is 23.1 Å². The fraction of sp³-hybridized carbons (Fsp3) is 0.600. The van der Waals surface area contributed by atoms with Crippen LogP contribution >= 0.6 is 15.9 Å². The lowest BCUT2D eigenvalue weighted by atomic mass is 9.49. The Bertz CT molecular complexity index is 700. The molecule has 0 aromatic heterocycles. The first-order valence-electron chi connectivity index (χ1n) is 8.98. The second-order valence-corrected chi connectivity index (χ2v) is 9.99. The number of esters is 1. The zero-order valence-electron chi connectivity index (χ0n) is 14.3. The molecule has 4 saturated carbocycles. The fourth-order valence-corrected chi connectivity index (χ4v) is 7.03. The average molecular weight is 409 g/mol. The van der Waals surface area contributed by atoms with Crippen molar-refractivity contribution in [2.75, 3.05) is 0 Å². The number of hydrogen-bond acceptors (Lipinski definition) is 3. The van der Waals surface area contributed by atoms with Crippen LogP contribution in [0.3, 0.4) is 0 Å². The molecule has 0 heterocycles. The topological polar surface area (TPSA) is 43.4 Å². The zero-order chi connectivity index (χ0) is 17.8. The van der Waals surface area contributed by atoms with Crippen LogP contribution < -0.4 is 0 Å². The number of rotatable bonds is 4. The maximum absolute atomic E-state index is 13.0. The summed E-state index contributed by atoms with van der Waals surface area (Å²) in [4.78, 5) is 25.5. The molecule has 5 atom stereocenters. The summed E-state index contributed by atoms with van der Waals surface area (Å²) in [6.07, 6.45) is 5.22. The van der Waals surface area contributed by atoms with Crippen molar-refractivity contribution >= 4 is 27.7 Å². The van der Waals surface area contributed by atoms with Crippen molar-refractivity contribution in [2.24, 2.45) is 17.3 Å². The maximum atomic E-state index is 13.0. The average Bonchev–Trinajstić information content (AvgIpc) is 2.52. The highest BCUT2D eigenvalue weighted by molar-refractivity contribution is 9.10. The number of alkyl halides is 1. The van der Waals surface area contributed by atoms with Gasteiger partial charge in [0.2, 0.25) is 5.78 Å². The molecule has 0 amide bonds. The molecule has 4 fully saturated rings. The van der Waals surface area contributed by atoms with E-state index in [4.69, 9.17) is 4.74 Å². The van der Waals surface area contributed by atoms with Gasteiger partial charge in [-0.15, -0.1) is 0 Å². The molecule has 1 aromatic carbocycles. The monoisotopic (exact) mass is 408 g/mol. The van der Waals surface area contributed by atoms with Gasteiger partial charge >= 0.3 is 5.97 Å². The van der Waals surface area contributed by atoms with Gasteiger partial charge in [-0.2, -0.15) is 0 Å². The molecule has 1 aromatic rings. The van der Waals surface area contributed by atoms with Crippen LogP contribution in [0.4, 0.5) is 4.39 Å². The molecule has 4 bridgehead atoms. The van der Waals surface area contributed by atoms with E-state index in [1.54, 1.807) is 6.92 Å². The highest BCUT2D eigenvalue weighted by atomic mass is 79.9. The molecule has 5 heteroatoms. The lowest BCUT2D eigenvalue weighted by Crippen LogP contribution is -2.56. The molecular weight excluding hydrogens is 387 g/mol. The minimum atomic E-state index is -0.850. The first-order chi connectivity index (χ1) is 11.8. The van der Waals surface area contributed by atoms with E-state index in [9.17, 15) is 14.0 Å². The van der Waals surface area contributed by atoms with Crippen LogP contribution in [0.2, 0.25) is 0 Å². The van der Waals surface area contributed by atoms with Gasteiger partial charge in [0.05, 0.1) is 5.41 Å². The normalized spacial score (nSPS) is 36.9. The van der Waals surface area contributed by atoms with Crippen molar-refractivity contribution in [1.82, 2.24) is 0 Å². The van der Waals surface area contributed by atoms with Crippen LogP contribution in [0.15, 0.2) is 24.3 Å². The van der Waals surface area contributed by atoms with E-state index in [2.05, 4.69) is 15.9 Å². The molecule has 2 unspecified atom stereocenters. The molecule has 3 nitrogen and oxygen atoms in total. The van der Waals surface area contributed by atoms with Gasteiger partial charge in [0.25, 0.3) is 0 Å². The van der Waals surface area contributed by atoms with E-state index >= 15 is 0 Å². The van der Waals surface area contributed by atoms with Crippen molar-refractivity contribution < 1.29 is 18.7 Å². The predicted molar refractivity (Wildman–Crippen MR) is 95.1 cm³/mol. The molecule has 0 radical (unpaired) electrons. The van der Waals surface area contributed by atoms with Crippen molar-refractivity contribution in [3.8, 4) is 0 Å². The Labute approximate surface area is 155 Å². The lowest BCUT2D eigenvalue weighted by molar-refractivity contribution is -0.172. The second kappa shape index (κ2) is 5.90. The van der Waals surface area contributed by atoms with E-state index in [0.29, 0.717) is 17.4 Å². The third kappa shape index (κ3) is 3.05. The largest absolute Gasteiger partial charge is 0.454 e. The van der Waals surface area contributed by atoms with E-state index in [1.807, 2.05) is 0 Å². The summed E-state index contributed by atoms with van der Waals surface area (Å²) >= 11 is 3.89. The summed E-state index contributed by atoms with van der Waals surface area (Å²) in [6.45, 7) is 1.61. The standard InChI is InChI=1S/C20H22BrFO3/c1-12(17(23)15-2-4-16(22)5-3-15)25-18(24)19-7-13-6-14(8-19)10-20(21,9-13)11-19/h2-5,12-14H,6-11H2,1H3/t12-,13-,14+,19?,20?/m0/s1. The molecule has 4 aliphatic rings. The molecular formula is C20H22BrFO3. The molecule has 5 rings (SSSR count). The Morgan fingerprint density at radius 1 is 1.16 bits per heavy atom. The van der Waals surface area contributed by atoms with Gasteiger partial charge in [-0.3, -0.25) is 9.59 Å². The smallest absolute Gasteiger partial charge is 0.312 e. The first kappa shape index (κ1) is 17.2. The van der Waals surface area contributed by atoms with Gasteiger partial charge in [0.1, 0.15) is 5.82 Å². The van der Waals surface area contributed by atoms with E-state index < -0.39 is 17.3 Å². The number of ketones is 1. The van der Waals surface area contributed by atoms with Crippen molar-refractivity contribution in [2.45, 2.75) is 55.9 Å². The van der Waals surface area contributed by atoms with Crippen LogP contribution in [0.1, 0.15) is 55.8 Å². The Balaban J connectivity index is 1.48. The van der Waals surface area contributed by atoms with Gasteiger partial charge in [0.15, 0.2) is 6.10 Å². The summed E-state index contributed by atoms with van der Waals surface area (Å²) in [5.41, 5.74) is -0.0746. The highest BCUT2D eigenvalue weighted by Crippen LogP contribution is 2.64. The van der Waals surface area contributed by atoms with E-state index in [0.717, 1.165) is 32.1 Å². The third-order valence-corrected chi connectivity index (χ3v) is 7.13. The van der Waals surface area contributed by atoms with Crippen LogP contribution in [0.5, 0.6) is 0 Å². The molecule has 0 spiro atoms. The van der Waals surface area contributed by atoms with Crippen LogP contribution in [-0.2, 0) is 9.53 Å². The molecule has 4 aliphatic carbocycles. The minimum Gasteiger partial charge on any atom is -0.454 e. The third-order valence-electron chi connectivity index (χ3n) is 6.20. The molecule has 0 aliphatic heterocycles. The summed E-state index contributed by atoms with van der Waals surface area (Å²) < 4.78 is 18.7. The molecule has 134 valence electrons. The number of halogens is 2. The van der Waals surface area contributed by atoms with Crippen LogP contribution in [-0.4, -0.2) is 22.2 Å². The summed E-state index contributed by atoms with van der Waals surface area (Å²) in [5.74, 6) is 0.255. The number of benzene rings is 1. The second-order valence-electron chi connectivity index (χ2n) is 8.31. The Kier molecular flexibility index (Phi) is 4.06. The van der Waals surface area contributed by atoms with Gasteiger partial charge in [-0.25, -0.2) is 4.39 Å². The number of Topliss-reactive ketones (excluding diaryl/α,β-unsaturated/α-hetero) is 1. The van der Waals surface area contributed by atoms with Gasteiger partial charge in [0, 0.05) is 9.89 Å². The SMILES string of the molecule is C[C@H](OC(=O)C12C[C@@H]3C[C@@H](CC(Br)(C3)C1)C2)C(=O)c1ccc(F)cc1. The number of carbonyl (C=O) groups excluding carboxylic acids is 2. The number of carbonyl (C=O) groups is 2. The van der Waals surface area contributed by atoms with Gasteiger partial charge in [-0.05, 0) is 81.5 Å². The number of ether oxygens (including phenoxy) is 1. The van der Waals surface area contributed by atoms with Crippen LogP contribution in [0.25, 0.3) is 0 Å². The van der Waals surface area contributed by atoms with Gasteiger partial charge < -0.3 is 4.74 Å². The zero-order valence-corrected chi connectivity index (χ0v) is 15.9. The van der Waals surface area contributed by atoms with Crippen molar-refractivity contribution in [3.63, 3.8) is 0 Å². The first-order valence-corrected chi connectivity index (χ1v) is 9.78. The Morgan fingerprint density at radius 2 is 1.76 bits per heavy atom. The fourth-order valence-electron chi connectivity index (χ4n) is 5.58. The minimum absolute atomic E-state index is 0.0697. The molecule has 0 saturated heterocycles. The summed E-state index contributed by atoms with van der Waals surface area (Å²) in [5, 5.41) is 0. The Morgan fingerprint density at radius 3 is 2.32 bits per heavy atom. The summed E-state index contributed by atoms with van der Waals surface area (Å²) in [6, 6.07) is 5.35. The number of hydrogen-bond donors (Lipinski definition) is 0. The van der Waals surface area contributed by atoms with E-state index in [1.165, 1.54) is 30.7 Å². The highest BCUT2D eigenvalue weighted by Gasteiger charge is 2.60. The lowest BCUT2D eigenvalue weighted by Gasteiger charge is -2.58. The van der Waals surface area contributed by atoms with Gasteiger partial charge in [-0.1, -0.05) is 15.9 Å². The predicted octanol–water partition coefficient (Wildman–Crippen LogP) is 4.67. The quantitative estimate of drug-likeness (QED) is 0.412. The molecule has 25 heavy (non-hydrogen) atoms. The maximum Gasteiger partial charge on any atom is 0.312 e. The van der Waals surface area contributed by atoms with E-state index in [-0.39, 0.29) is 16.1 Å². The molecule has 0 N–H and O–H groups in total. The summed E-state index contributed by atoms with van der Waals surface area (Å²) in [7, 11) is 0. The van der Waals surface area contributed by atoms with Crippen molar-refractivity contribution in [1.29, 1.82) is 0 Å².